The summed E-state index contributed by atoms with van der Waals surface area (Å²) in [5.41, 5.74) is 0. The molecule has 0 atom stereocenters. The van der Waals surface area contributed by atoms with Crippen molar-refractivity contribution in [2.24, 2.45) is 0 Å². The third-order valence-corrected chi connectivity index (χ3v) is 0. The van der Waals surface area contributed by atoms with Crippen LogP contribution in [-0.4, -0.2) is 13.3 Å². The van der Waals surface area contributed by atoms with Gasteiger partial charge in [-0.15, -0.1) is 0 Å². The summed E-state index contributed by atoms with van der Waals surface area (Å²) in [5.74, 6) is 0. The van der Waals surface area contributed by atoms with Crippen LogP contribution in [0.5, 0.6) is 0 Å². The van der Waals surface area contributed by atoms with E-state index in [1.54, 1.807) is 0 Å². The van der Waals surface area contributed by atoms with Gasteiger partial charge in [0.25, 0.3) is 11.4 Å². The molecule has 0 fully saturated rings. The Bertz CT molecular complexity index is 63.3. The fraction of sp³-hybridized carbons (Fsp3) is 0. The van der Waals surface area contributed by atoms with E-state index in [2.05, 4.69) is 0 Å². The van der Waals surface area contributed by atoms with Crippen molar-refractivity contribution in [1.82, 2.24) is 0 Å². The van der Waals surface area contributed by atoms with Crippen molar-refractivity contribution in [3.63, 3.8) is 0 Å². The Balaban J connectivity index is -0.0000000720. The van der Waals surface area contributed by atoms with Crippen LogP contribution in [0, 0.1) is 6.68 Å². The fourth-order valence-electron chi connectivity index (χ4n) is 0. The van der Waals surface area contributed by atoms with Crippen molar-refractivity contribution in [3.8, 4) is 0 Å². The van der Waals surface area contributed by atoms with Gasteiger partial charge in [0.05, 0.1) is 0 Å². The van der Waals surface area contributed by atoms with Crippen LogP contribution in [-0.2, 0) is 11.4 Å². The molecule has 0 spiro atoms. The molecule has 0 aromatic rings. The molecule has 0 saturated heterocycles. The van der Waals surface area contributed by atoms with Gasteiger partial charge < -0.3 is 13.2 Å². The first-order chi connectivity index (χ1) is 3.46. The molecule has 0 rings (SSSR count). The summed E-state index contributed by atoms with van der Waals surface area (Å²) in [7, 11) is 0. The molecule has 0 aromatic heterocycles. The van der Waals surface area contributed by atoms with Crippen molar-refractivity contribution in [3.05, 3.63) is 6.68 Å². The molecular formula is CH2F3NaO3S. The topological polar surface area (TPSA) is 57.5 Å². The van der Waals surface area contributed by atoms with Gasteiger partial charge in [-0.1, -0.05) is 0 Å². The maximum Gasteiger partial charge on any atom is 1.00 e. The van der Waals surface area contributed by atoms with Gasteiger partial charge in [0.2, 0.25) is 0 Å². The van der Waals surface area contributed by atoms with Crippen molar-refractivity contribution in [2.75, 3.05) is 0 Å². The van der Waals surface area contributed by atoms with Gasteiger partial charge in [-0.2, -0.15) is 4.21 Å². The van der Waals surface area contributed by atoms with Crippen LogP contribution in [0.3, 0.4) is 0 Å². The van der Waals surface area contributed by atoms with Gasteiger partial charge in [-0.05, 0) is 0 Å². The first kappa shape index (κ1) is 16.4. The number of hydrogen-bond acceptors (Lipinski definition) is 1. The summed E-state index contributed by atoms with van der Waals surface area (Å²) in [6, 6.07) is 0. The maximum atomic E-state index is 9.58. The standard InChI is InChI=1S/CF3.Na.H2O3S/c2-1(3)4;;1-4(2)3/h;;(H2,1,2,3)/q-1;+1;. The van der Waals surface area contributed by atoms with Crippen LogP contribution < -0.4 is 29.6 Å². The minimum Gasteiger partial charge on any atom is -0.385 e. The summed E-state index contributed by atoms with van der Waals surface area (Å²) in [4.78, 5) is 0. The molecule has 0 aromatic carbocycles. The van der Waals surface area contributed by atoms with E-state index in [0.29, 0.717) is 0 Å². The number of rotatable bonds is 0. The molecule has 0 aliphatic carbocycles. The molecule has 0 aliphatic heterocycles. The third kappa shape index (κ3) is 564. The Morgan fingerprint density at radius 1 is 1.22 bits per heavy atom. The molecule has 0 radical (unpaired) electrons. The Labute approximate surface area is 74.0 Å². The van der Waals surface area contributed by atoms with E-state index < -0.39 is 18.0 Å². The van der Waals surface area contributed by atoms with Gasteiger partial charge in [-0.25, -0.2) is 0 Å². The normalized spacial score (nSPS) is 7.89. The predicted octanol–water partition coefficient (Wildman–Crippen LogP) is -1.97. The van der Waals surface area contributed by atoms with Gasteiger partial charge in [0, 0.05) is 0 Å². The molecule has 0 bridgehead atoms. The average Bonchev–Trinajstić information content (AvgIpc) is 1.25. The average molecular weight is 174 g/mol. The van der Waals surface area contributed by atoms with E-state index in [1.807, 2.05) is 0 Å². The number of halogens is 3. The third-order valence-electron chi connectivity index (χ3n) is 0. The molecule has 0 heterocycles. The Hall–Kier alpha value is 0.860. The van der Waals surface area contributed by atoms with Crippen LogP contribution in [0.15, 0.2) is 0 Å². The molecule has 2 N–H and O–H groups in total. The zero-order valence-corrected chi connectivity index (χ0v) is 7.16. The van der Waals surface area contributed by atoms with E-state index in [4.69, 9.17) is 13.3 Å². The summed E-state index contributed by atoms with van der Waals surface area (Å²) < 4.78 is 51.6. The minimum atomic E-state index is -3.08. The van der Waals surface area contributed by atoms with E-state index in [0.717, 1.165) is 0 Å². The summed E-state index contributed by atoms with van der Waals surface area (Å²) in [5, 5.41) is 0. The van der Waals surface area contributed by atoms with Crippen LogP contribution >= 0.6 is 0 Å². The fourth-order valence-corrected chi connectivity index (χ4v) is 0. The molecule has 3 nitrogen and oxygen atoms in total. The van der Waals surface area contributed by atoms with Crippen molar-refractivity contribution < 1.29 is 56.0 Å². The quantitative estimate of drug-likeness (QED) is 0.254. The van der Waals surface area contributed by atoms with Crippen LogP contribution in [0.2, 0.25) is 0 Å². The van der Waals surface area contributed by atoms with E-state index in [-0.39, 0.29) is 29.6 Å². The van der Waals surface area contributed by atoms with Crippen molar-refractivity contribution in [2.45, 2.75) is 0 Å². The second-order valence-electron chi connectivity index (χ2n) is 0.445. The summed E-state index contributed by atoms with van der Waals surface area (Å²) in [6.45, 7) is -3.08. The molecule has 0 unspecified atom stereocenters. The second kappa shape index (κ2) is 11.6. The van der Waals surface area contributed by atoms with Gasteiger partial charge in [0.1, 0.15) is 0 Å². The second-order valence-corrected chi connectivity index (χ2v) is 0.906. The zero-order valence-electron chi connectivity index (χ0n) is 4.34. The Morgan fingerprint density at radius 3 is 1.22 bits per heavy atom. The first-order valence-corrected chi connectivity index (χ1v) is 2.16. The monoisotopic (exact) mass is 174 g/mol. The van der Waals surface area contributed by atoms with Crippen molar-refractivity contribution in [1.29, 1.82) is 0 Å². The molecule has 52 valence electrons. The molecule has 0 aliphatic rings. The van der Waals surface area contributed by atoms with E-state index in [9.17, 15) is 13.2 Å². The Morgan fingerprint density at radius 2 is 1.22 bits per heavy atom. The van der Waals surface area contributed by atoms with Crippen LogP contribution in [0.25, 0.3) is 0 Å². The van der Waals surface area contributed by atoms with Gasteiger partial charge in [-0.3, -0.25) is 9.11 Å². The molecular weight excluding hydrogens is 172 g/mol. The summed E-state index contributed by atoms with van der Waals surface area (Å²) >= 11 is -2.61. The maximum absolute atomic E-state index is 9.58. The predicted molar refractivity (Wildman–Crippen MR) is 20.0 cm³/mol. The van der Waals surface area contributed by atoms with E-state index in [1.165, 1.54) is 0 Å². The number of hydrogen-bond donors (Lipinski definition) is 2. The van der Waals surface area contributed by atoms with Crippen LogP contribution in [0.1, 0.15) is 0 Å². The largest absolute Gasteiger partial charge is 1.00 e. The zero-order chi connectivity index (χ0) is 7.15. The Kier molecular flexibility index (Phi) is 21.3. The van der Waals surface area contributed by atoms with Gasteiger partial charge >= 0.3 is 29.6 Å². The summed E-state index contributed by atoms with van der Waals surface area (Å²) in [6.07, 6.45) is 0. The van der Waals surface area contributed by atoms with Crippen LogP contribution in [0.4, 0.5) is 13.2 Å². The SMILES string of the molecule is F[C-](F)F.O=S(O)O.[Na+]. The first-order valence-electron chi connectivity index (χ1n) is 1.10. The minimum absolute atomic E-state index is 0. The molecule has 9 heavy (non-hydrogen) atoms. The van der Waals surface area contributed by atoms with Crippen molar-refractivity contribution >= 4 is 11.4 Å². The molecule has 0 amide bonds. The van der Waals surface area contributed by atoms with E-state index >= 15 is 0 Å². The smallest absolute Gasteiger partial charge is 0.385 e. The molecule has 0 saturated carbocycles. The molecule has 8 heteroatoms. The van der Waals surface area contributed by atoms with Gasteiger partial charge in [0.15, 0.2) is 6.68 Å².